The van der Waals surface area contributed by atoms with E-state index >= 15 is 0 Å². The summed E-state index contributed by atoms with van der Waals surface area (Å²) in [6.07, 6.45) is 5.13. The Hall–Kier alpha value is -0.580. The van der Waals surface area contributed by atoms with Gasteiger partial charge in [0.25, 0.3) is 0 Å². The van der Waals surface area contributed by atoms with Gasteiger partial charge in [-0.05, 0) is 58.1 Å². The number of hydrogen-bond donors (Lipinski definition) is 1. The van der Waals surface area contributed by atoms with E-state index in [0.29, 0.717) is 6.04 Å². The molecule has 1 aromatic carbocycles. The van der Waals surface area contributed by atoms with Gasteiger partial charge in [0.15, 0.2) is 0 Å². The molecule has 20 heavy (non-hydrogen) atoms. The third-order valence-electron chi connectivity index (χ3n) is 4.02. The maximum Gasteiger partial charge on any atom is 0.123 e. The quantitative estimate of drug-likeness (QED) is 0.858. The minimum absolute atomic E-state index is 0.687. The molecule has 4 heteroatoms. The highest BCUT2D eigenvalue weighted by Crippen LogP contribution is 2.24. The van der Waals surface area contributed by atoms with Gasteiger partial charge in [0, 0.05) is 22.6 Å². The molecule has 1 N–H and O–H groups in total. The lowest BCUT2D eigenvalue weighted by Gasteiger charge is -2.32. The predicted octanol–water partition coefficient (Wildman–Crippen LogP) is 3.42. The second-order valence-corrected chi connectivity index (χ2v) is 6.47. The highest BCUT2D eigenvalue weighted by Gasteiger charge is 2.18. The Morgan fingerprint density at radius 1 is 1.40 bits per heavy atom. The molecule has 0 saturated carbocycles. The Bertz CT molecular complexity index is 425. The lowest BCUT2D eigenvalue weighted by atomic mass is 10.0. The first-order valence-corrected chi connectivity index (χ1v) is 8.26. The van der Waals surface area contributed by atoms with Crippen LogP contribution in [0.2, 0.25) is 0 Å². The summed E-state index contributed by atoms with van der Waals surface area (Å²) in [7, 11) is 4.19. The predicted molar refractivity (Wildman–Crippen MR) is 87.3 cm³/mol. The highest BCUT2D eigenvalue weighted by atomic mass is 79.9. The molecule has 1 aliphatic rings. The van der Waals surface area contributed by atoms with E-state index in [9.17, 15) is 0 Å². The zero-order chi connectivity index (χ0) is 14.4. The summed E-state index contributed by atoms with van der Waals surface area (Å²) in [5.41, 5.74) is 1.21. The second-order valence-electron chi connectivity index (χ2n) is 5.55. The normalized spacial score (nSPS) is 20.1. The Labute approximate surface area is 130 Å². The summed E-state index contributed by atoms with van der Waals surface area (Å²) in [5, 5.41) is 3.19. The summed E-state index contributed by atoms with van der Waals surface area (Å²) >= 11 is 3.51. The van der Waals surface area contributed by atoms with Crippen LogP contribution >= 0.6 is 15.9 Å². The molecule has 1 heterocycles. The van der Waals surface area contributed by atoms with E-state index in [0.717, 1.165) is 29.8 Å². The molecule has 1 unspecified atom stereocenters. The fraction of sp³-hybridized carbons (Fsp3) is 0.625. The van der Waals surface area contributed by atoms with Crippen molar-refractivity contribution in [2.24, 2.45) is 0 Å². The summed E-state index contributed by atoms with van der Waals surface area (Å²) in [4.78, 5) is 2.48. The van der Waals surface area contributed by atoms with Gasteiger partial charge in [0.2, 0.25) is 0 Å². The minimum Gasteiger partial charge on any atom is -0.493 e. The van der Waals surface area contributed by atoms with Crippen LogP contribution in [0.3, 0.4) is 0 Å². The molecule has 1 aromatic rings. The van der Waals surface area contributed by atoms with Gasteiger partial charge in [-0.3, -0.25) is 0 Å². The molecule has 3 nitrogen and oxygen atoms in total. The Kier molecular flexibility index (Phi) is 6.33. The van der Waals surface area contributed by atoms with E-state index in [-0.39, 0.29) is 0 Å². The number of likely N-dealkylation sites (tertiary alicyclic amines) is 1. The molecule has 112 valence electrons. The zero-order valence-electron chi connectivity index (χ0n) is 12.5. The van der Waals surface area contributed by atoms with Gasteiger partial charge >= 0.3 is 0 Å². The van der Waals surface area contributed by atoms with E-state index in [1.54, 1.807) is 0 Å². The van der Waals surface area contributed by atoms with Crippen LogP contribution in [-0.2, 0) is 6.54 Å². The number of hydrogen-bond acceptors (Lipinski definition) is 3. The average Bonchev–Trinajstić information content (AvgIpc) is 2.43. The van der Waals surface area contributed by atoms with Gasteiger partial charge in [-0.2, -0.15) is 0 Å². The topological polar surface area (TPSA) is 24.5 Å². The number of ether oxygens (including phenoxy) is 1. The molecular formula is C16H25BrN2O. The Balaban J connectivity index is 1.87. The van der Waals surface area contributed by atoms with Gasteiger partial charge in [-0.1, -0.05) is 22.4 Å². The van der Waals surface area contributed by atoms with Crippen LogP contribution in [0.1, 0.15) is 31.2 Å². The van der Waals surface area contributed by atoms with Crippen LogP contribution in [0.15, 0.2) is 22.7 Å². The number of rotatable bonds is 6. The molecule has 1 fully saturated rings. The van der Waals surface area contributed by atoms with Crippen molar-refractivity contribution in [3.8, 4) is 5.75 Å². The maximum absolute atomic E-state index is 6.01. The minimum atomic E-state index is 0.687. The molecular weight excluding hydrogens is 316 g/mol. The van der Waals surface area contributed by atoms with Crippen LogP contribution in [0.25, 0.3) is 0 Å². The fourth-order valence-electron chi connectivity index (χ4n) is 2.83. The van der Waals surface area contributed by atoms with E-state index in [1.165, 1.54) is 31.4 Å². The van der Waals surface area contributed by atoms with Gasteiger partial charge < -0.3 is 15.0 Å². The lowest BCUT2D eigenvalue weighted by molar-refractivity contribution is 0.153. The highest BCUT2D eigenvalue weighted by molar-refractivity contribution is 9.10. The molecule has 1 aliphatic heterocycles. The van der Waals surface area contributed by atoms with E-state index < -0.39 is 0 Å². The van der Waals surface area contributed by atoms with Gasteiger partial charge in [0.1, 0.15) is 5.75 Å². The van der Waals surface area contributed by atoms with Crippen molar-refractivity contribution in [2.45, 2.75) is 38.3 Å². The molecule has 0 aromatic heterocycles. The standard InChI is InChI=1S/C16H25BrN2O/c1-18-12-13-11-14(17)6-7-16(13)20-10-8-15-5-3-4-9-19(15)2/h6-7,11,15,18H,3-5,8-10,12H2,1-2H3. The Morgan fingerprint density at radius 3 is 3.00 bits per heavy atom. The second kappa shape index (κ2) is 8.01. The summed E-state index contributed by atoms with van der Waals surface area (Å²) in [5.74, 6) is 1.00. The van der Waals surface area contributed by atoms with Crippen LogP contribution < -0.4 is 10.1 Å². The van der Waals surface area contributed by atoms with Crippen molar-refractivity contribution < 1.29 is 4.74 Å². The smallest absolute Gasteiger partial charge is 0.123 e. The molecule has 2 rings (SSSR count). The summed E-state index contributed by atoms with van der Waals surface area (Å²) < 4.78 is 7.11. The van der Waals surface area contributed by atoms with Crippen LogP contribution in [0.5, 0.6) is 5.75 Å². The average molecular weight is 341 g/mol. The van der Waals surface area contributed by atoms with E-state index in [1.807, 2.05) is 13.1 Å². The first kappa shape index (κ1) is 15.8. The molecule has 1 saturated heterocycles. The Morgan fingerprint density at radius 2 is 2.25 bits per heavy atom. The number of nitrogens with zero attached hydrogens (tertiary/aromatic N) is 1. The maximum atomic E-state index is 6.01. The molecule has 0 radical (unpaired) electrons. The van der Waals surface area contributed by atoms with Crippen molar-refractivity contribution in [3.05, 3.63) is 28.2 Å². The number of benzene rings is 1. The van der Waals surface area contributed by atoms with Crippen molar-refractivity contribution in [3.63, 3.8) is 0 Å². The van der Waals surface area contributed by atoms with Crippen LogP contribution in [0, 0.1) is 0 Å². The molecule has 0 amide bonds. The number of nitrogens with one attached hydrogen (secondary N) is 1. The monoisotopic (exact) mass is 340 g/mol. The van der Waals surface area contributed by atoms with E-state index in [4.69, 9.17) is 4.74 Å². The first-order valence-electron chi connectivity index (χ1n) is 7.47. The van der Waals surface area contributed by atoms with Crippen LogP contribution in [-0.4, -0.2) is 38.2 Å². The zero-order valence-corrected chi connectivity index (χ0v) is 14.1. The fourth-order valence-corrected chi connectivity index (χ4v) is 3.24. The van der Waals surface area contributed by atoms with Gasteiger partial charge in [0.05, 0.1) is 6.61 Å². The van der Waals surface area contributed by atoms with E-state index in [2.05, 4.69) is 45.3 Å². The summed E-state index contributed by atoms with van der Waals surface area (Å²) in [6, 6.07) is 6.91. The largest absolute Gasteiger partial charge is 0.493 e. The van der Waals surface area contributed by atoms with Gasteiger partial charge in [-0.15, -0.1) is 0 Å². The van der Waals surface area contributed by atoms with Crippen molar-refractivity contribution in [1.82, 2.24) is 10.2 Å². The molecule has 1 atom stereocenters. The van der Waals surface area contributed by atoms with Crippen molar-refractivity contribution in [2.75, 3.05) is 27.2 Å². The third kappa shape index (κ3) is 4.47. The number of halogens is 1. The molecule has 0 spiro atoms. The van der Waals surface area contributed by atoms with Crippen molar-refractivity contribution in [1.29, 1.82) is 0 Å². The number of piperidine rings is 1. The van der Waals surface area contributed by atoms with Gasteiger partial charge in [-0.25, -0.2) is 0 Å². The third-order valence-corrected chi connectivity index (χ3v) is 4.51. The first-order chi connectivity index (χ1) is 9.70. The molecule has 0 aliphatic carbocycles. The SMILES string of the molecule is CNCc1cc(Br)ccc1OCCC1CCCCN1C. The van der Waals surface area contributed by atoms with Crippen LogP contribution in [0.4, 0.5) is 0 Å². The molecule has 0 bridgehead atoms. The van der Waals surface area contributed by atoms with Crippen molar-refractivity contribution >= 4 is 15.9 Å². The summed E-state index contributed by atoms with van der Waals surface area (Å²) in [6.45, 7) is 2.86. The lowest BCUT2D eigenvalue weighted by Crippen LogP contribution is -2.37.